The number of aromatic carboxylic acids is 1. The Kier molecular flexibility index (Phi) is 5.22. The second-order valence-electron chi connectivity index (χ2n) is 4.82. The molecule has 1 atom stereocenters. The molecule has 0 radical (unpaired) electrons. The Morgan fingerprint density at radius 1 is 0.957 bits per heavy atom. The van der Waals surface area contributed by atoms with Crippen LogP contribution in [0.25, 0.3) is 0 Å². The summed E-state index contributed by atoms with van der Waals surface area (Å²) >= 11 is 0. The first kappa shape index (κ1) is 16.4. The van der Waals surface area contributed by atoms with Gasteiger partial charge in [-0.15, -0.1) is 0 Å². The Bertz CT molecular complexity index is 710. The van der Waals surface area contributed by atoms with Gasteiger partial charge in [-0.1, -0.05) is 42.5 Å². The van der Waals surface area contributed by atoms with Crippen molar-refractivity contribution in [1.82, 2.24) is 0 Å². The van der Waals surface area contributed by atoms with Crippen LogP contribution in [0.4, 0.5) is 0 Å². The first-order chi connectivity index (χ1) is 11.0. The van der Waals surface area contributed by atoms with Gasteiger partial charge in [-0.2, -0.15) is 0 Å². The Labute approximate surface area is 132 Å². The number of carbonyl (C=O) groups excluding carboxylic acids is 2. The van der Waals surface area contributed by atoms with Crippen LogP contribution in [0.1, 0.15) is 26.3 Å². The van der Waals surface area contributed by atoms with Gasteiger partial charge in [0.15, 0.2) is 11.8 Å². The summed E-state index contributed by atoms with van der Waals surface area (Å²) in [5.74, 6) is -2.56. The summed E-state index contributed by atoms with van der Waals surface area (Å²) in [6.07, 6.45) is 0. The fourth-order valence-electron chi connectivity index (χ4n) is 1.88. The van der Waals surface area contributed by atoms with Gasteiger partial charge in [0.25, 0.3) is 0 Å². The standard InChI is InChI=1S/C17H15NO5/c18-14(17(22)23-10-11-4-2-1-3-5-11)15(19)12-6-8-13(9-7-12)16(20)21/h1-9,14H,10,18H2,(H,20,21). The summed E-state index contributed by atoms with van der Waals surface area (Å²) in [7, 11) is 0. The molecule has 0 saturated carbocycles. The van der Waals surface area contributed by atoms with Gasteiger partial charge < -0.3 is 15.6 Å². The van der Waals surface area contributed by atoms with Gasteiger partial charge in [0.2, 0.25) is 0 Å². The van der Waals surface area contributed by atoms with Gasteiger partial charge in [-0.05, 0) is 17.7 Å². The zero-order valence-corrected chi connectivity index (χ0v) is 12.1. The van der Waals surface area contributed by atoms with Crippen molar-refractivity contribution in [1.29, 1.82) is 0 Å². The molecule has 118 valence electrons. The smallest absolute Gasteiger partial charge is 0.335 e. The lowest BCUT2D eigenvalue weighted by atomic mass is 10.0. The molecule has 3 N–H and O–H groups in total. The van der Waals surface area contributed by atoms with Crippen molar-refractivity contribution in [3.05, 3.63) is 71.3 Å². The van der Waals surface area contributed by atoms with E-state index in [1.165, 1.54) is 24.3 Å². The molecule has 2 aromatic rings. The van der Waals surface area contributed by atoms with E-state index in [2.05, 4.69) is 0 Å². The van der Waals surface area contributed by atoms with E-state index in [1.54, 1.807) is 24.3 Å². The van der Waals surface area contributed by atoms with Crippen molar-refractivity contribution < 1.29 is 24.2 Å². The van der Waals surface area contributed by atoms with Gasteiger partial charge >= 0.3 is 11.9 Å². The summed E-state index contributed by atoms with van der Waals surface area (Å²) in [6.45, 7) is 0.0264. The third-order valence-electron chi connectivity index (χ3n) is 3.18. The third kappa shape index (κ3) is 4.24. The van der Waals surface area contributed by atoms with E-state index < -0.39 is 23.8 Å². The number of hydrogen-bond acceptors (Lipinski definition) is 5. The molecule has 6 nitrogen and oxygen atoms in total. The van der Waals surface area contributed by atoms with E-state index >= 15 is 0 Å². The van der Waals surface area contributed by atoms with Crippen LogP contribution in [0.15, 0.2) is 54.6 Å². The molecule has 0 aromatic heterocycles. The predicted molar refractivity (Wildman–Crippen MR) is 81.9 cm³/mol. The second kappa shape index (κ2) is 7.33. The number of ketones is 1. The van der Waals surface area contributed by atoms with E-state index in [4.69, 9.17) is 15.6 Å². The van der Waals surface area contributed by atoms with Crippen LogP contribution in [0.2, 0.25) is 0 Å². The molecule has 2 aromatic carbocycles. The zero-order chi connectivity index (χ0) is 16.8. The lowest BCUT2D eigenvalue weighted by molar-refractivity contribution is -0.145. The number of carboxylic acid groups (broad SMARTS) is 1. The maximum absolute atomic E-state index is 12.1. The van der Waals surface area contributed by atoms with Crippen molar-refractivity contribution >= 4 is 17.7 Å². The first-order valence-electron chi connectivity index (χ1n) is 6.83. The van der Waals surface area contributed by atoms with Crippen molar-refractivity contribution in [2.75, 3.05) is 0 Å². The van der Waals surface area contributed by atoms with Gasteiger partial charge in [0, 0.05) is 5.56 Å². The highest BCUT2D eigenvalue weighted by Crippen LogP contribution is 2.08. The van der Waals surface area contributed by atoms with Gasteiger partial charge in [-0.3, -0.25) is 4.79 Å². The highest BCUT2D eigenvalue weighted by molar-refractivity contribution is 6.12. The molecule has 0 heterocycles. The van der Waals surface area contributed by atoms with Crippen LogP contribution in [-0.2, 0) is 16.1 Å². The molecule has 0 fully saturated rings. The van der Waals surface area contributed by atoms with E-state index in [1.807, 2.05) is 6.07 Å². The molecule has 23 heavy (non-hydrogen) atoms. The number of nitrogens with two attached hydrogens (primary N) is 1. The van der Waals surface area contributed by atoms with Crippen molar-refractivity contribution in [2.24, 2.45) is 5.73 Å². The van der Waals surface area contributed by atoms with E-state index in [0.29, 0.717) is 0 Å². The number of Topliss-reactive ketones (excluding diaryl/α,β-unsaturated/α-hetero) is 1. The minimum absolute atomic E-state index is 0.0264. The monoisotopic (exact) mass is 313 g/mol. The molecule has 2 rings (SSSR count). The summed E-state index contributed by atoms with van der Waals surface area (Å²) in [4.78, 5) is 34.7. The predicted octanol–water partition coefficient (Wildman–Crippen LogP) is 1.64. The van der Waals surface area contributed by atoms with E-state index in [0.717, 1.165) is 5.56 Å². The minimum atomic E-state index is -1.45. The summed E-state index contributed by atoms with van der Waals surface area (Å²) in [5.41, 5.74) is 6.59. The topological polar surface area (TPSA) is 107 Å². The second-order valence-corrected chi connectivity index (χ2v) is 4.82. The van der Waals surface area contributed by atoms with Gasteiger partial charge in [-0.25, -0.2) is 9.59 Å². The highest BCUT2D eigenvalue weighted by atomic mass is 16.5. The molecule has 0 spiro atoms. The molecular formula is C17H15NO5. The first-order valence-corrected chi connectivity index (χ1v) is 6.83. The number of rotatable bonds is 6. The van der Waals surface area contributed by atoms with Crippen LogP contribution >= 0.6 is 0 Å². The number of hydrogen-bond donors (Lipinski definition) is 2. The normalized spacial score (nSPS) is 11.5. The zero-order valence-electron chi connectivity index (χ0n) is 12.1. The van der Waals surface area contributed by atoms with E-state index in [-0.39, 0.29) is 17.7 Å². The number of ether oxygens (including phenoxy) is 1. The number of esters is 1. The maximum Gasteiger partial charge on any atom is 0.335 e. The number of carbonyl (C=O) groups is 3. The van der Waals surface area contributed by atoms with Crippen LogP contribution in [0.5, 0.6) is 0 Å². The lowest BCUT2D eigenvalue weighted by Crippen LogP contribution is -2.39. The Morgan fingerprint density at radius 3 is 2.09 bits per heavy atom. The van der Waals surface area contributed by atoms with Crippen LogP contribution < -0.4 is 5.73 Å². The minimum Gasteiger partial charge on any atom is -0.478 e. The molecule has 0 bridgehead atoms. The Morgan fingerprint density at radius 2 is 1.52 bits per heavy atom. The number of carboxylic acids is 1. The quantitative estimate of drug-likeness (QED) is 0.477. The van der Waals surface area contributed by atoms with Gasteiger partial charge in [0.1, 0.15) is 6.61 Å². The summed E-state index contributed by atoms with van der Waals surface area (Å²) in [6, 6.07) is 12.7. The molecule has 0 saturated heterocycles. The molecule has 0 aliphatic carbocycles. The van der Waals surface area contributed by atoms with Crippen molar-refractivity contribution in [2.45, 2.75) is 12.6 Å². The van der Waals surface area contributed by atoms with Gasteiger partial charge in [0.05, 0.1) is 5.56 Å². The Balaban J connectivity index is 1.98. The third-order valence-corrected chi connectivity index (χ3v) is 3.18. The molecule has 1 unspecified atom stereocenters. The molecule has 0 aliphatic rings. The molecule has 6 heteroatoms. The van der Waals surface area contributed by atoms with Crippen molar-refractivity contribution in [3.8, 4) is 0 Å². The number of benzene rings is 2. The highest BCUT2D eigenvalue weighted by Gasteiger charge is 2.25. The average molecular weight is 313 g/mol. The SMILES string of the molecule is NC(C(=O)OCc1ccccc1)C(=O)c1ccc(C(=O)O)cc1. The van der Waals surface area contributed by atoms with Crippen LogP contribution in [-0.4, -0.2) is 28.9 Å². The molecule has 0 aliphatic heterocycles. The fraction of sp³-hybridized carbons (Fsp3) is 0.118. The average Bonchev–Trinajstić information content (AvgIpc) is 2.59. The largest absolute Gasteiger partial charge is 0.478 e. The fourth-order valence-corrected chi connectivity index (χ4v) is 1.88. The lowest BCUT2D eigenvalue weighted by Gasteiger charge is -2.11. The van der Waals surface area contributed by atoms with E-state index in [9.17, 15) is 14.4 Å². The molecule has 0 amide bonds. The Hall–Kier alpha value is -2.99. The summed E-state index contributed by atoms with van der Waals surface area (Å²) in [5, 5.41) is 8.81. The maximum atomic E-state index is 12.1. The van der Waals surface area contributed by atoms with Crippen LogP contribution in [0.3, 0.4) is 0 Å². The summed E-state index contributed by atoms with van der Waals surface area (Å²) < 4.78 is 5.02. The van der Waals surface area contributed by atoms with Crippen LogP contribution in [0, 0.1) is 0 Å². The molecular weight excluding hydrogens is 298 g/mol. The van der Waals surface area contributed by atoms with Crippen molar-refractivity contribution in [3.63, 3.8) is 0 Å².